The van der Waals surface area contributed by atoms with Crippen LogP contribution in [0.25, 0.3) is 0 Å². The van der Waals surface area contributed by atoms with Gasteiger partial charge in [-0.25, -0.2) is 4.79 Å². The first-order valence-electron chi connectivity index (χ1n) is 5.84. The Bertz CT molecular complexity index is 729. The van der Waals surface area contributed by atoms with Crippen molar-refractivity contribution in [2.75, 3.05) is 0 Å². The van der Waals surface area contributed by atoms with E-state index in [4.69, 9.17) is 21.4 Å². The maximum Gasteiger partial charge on any atom is 0.335 e. The van der Waals surface area contributed by atoms with Gasteiger partial charge in [0.15, 0.2) is 0 Å². The Balaban J connectivity index is 2.37. The minimum Gasteiger partial charge on any atom is -0.478 e. The number of benzene rings is 2. The van der Waals surface area contributed by atoms with Gasteiger partial charge in [0.2, 0.25) is 5.75 Å². The summed E-state index contributed by atoms with van der Waals surface area (Å²) in [4.78, 5) is 21.3. The normalized spacial score (nSPS) is 10.2. The highest BCUT2D eigenvalue weighted by Crippen LogP contribution is 2.34. The van der Waals surface area contributed by atoms with Crippen LogP contribution in [0, 0.1) is 17.0 Å². The zero-order chi connectivity index (χ0) is 15.6. The summed E-state index contributed by atoms with van der Waals surface area (Å²) < 4.78 is 5.45. The molecule has 0 unspecified atom stereocenters. The average Bonchev–Trinajstić information content (AvgIpc) is 2.40. The zero-order valence-corrected chi connectivity index (χ0v) is 11.6. The Morgan fingerprint density at radius 2 is 2.00 bits per heavy atom. The molecule has 2 aromatic carbocycles. The highest BCUT2D eigenvalue weighted by molar-refractivity contribution is 6.30. The van der Waals surface area contributed by atoms with E-state index < -0.39 is 10.9 Å². The summed E-state index contributed by atoms with van der Waals surface area (Å²) in [6.07, 6.45) is 0. The number of nitro benzene ring substituents is 1. The summed E-state index contributed by atoms with van der Waals surface area (Å²) in [5.74, 6) is -0.702. The number of carboxylic acids is 1. The zero-order valence-electron chi connectivity index (χ0n) is 10.9. The van der Waals surface area contributed by atoms with E-state index in [1.807, 2.05) is 0 Å². The number of aromatic carboxylic acids is 1. The van der Waals surface area contributed by atoms with E-state index in [2.05, 4.69) is 0 Å². The third kappa shape index (κ3) is 3.29. The van der Waals surface area contributed by atoms with Crippen LogP contribution in [0.4, 0.5) is 5.69 Å². The van der Waals surface area contributed by atoms with Crippen molar-refractivity contribution in [2.45, 2.75) is 6.92 Å². The molecule has 2 aromatic rings. The second-order valence-electron chi connectivity index (χ2n) is 4.25. The average molecular weight is 308 g/mol. The van der Waals surface area contributed by atoms with Crippen molar-refractivity contribution >= 4 is 23.3 Å². The van der Waals surface area contributed by atoms with Gasteiger partial charge < -0.3 is 9.84 Å². The minimum absolute atomic E-state index is 0.0341. The third-order valence-corrected chi connectivity index (χ3v) is 3.01. The molecule has 2 rings (SSSR count). The summed E-state index contributed by atoms with van der Waals surface area (Å²) in [5, 5.41) is 20.1. The molecule has 6 nitrogen and oxygen atoms in total. The first-order chi connectivity index (χ1) is 9.88. The molecule has 0 atom stereocenters. The van der Waals surface area contributed by atoms with Crippen LogP contribution in [0.15, 0.2) is 36.4 Å². The molecule has 108 valence electrons. The smallest absolute Gasteiger partial charge is 0.335 e. The van der Waals surface area contributed by atoms with E-state index in [-0.39, 0.29) is 22.0 Å². The molecule has 0 aliphatic rings. The standard InChI is InChI=1S/C14H10ClNO5/c1-8-6-10(3-4-11(8)14(17)18)21-13-5-2-9(15)7-12(13)16(19)20/h2-7H,1H3,(H,17,18). The quantitative estimate of drug-likeness (QED) is 0.680. The summed E-state index contributed by atoms with van der Waals surface area (Å²) in [5.41, 5.74) is 0.382. The van der Waals surface area contributed by atoms with Crippen molar-refractivity contribution in [3.63, 3.8) is 0 Å². The predicted octanol–water partition coefficient (Wildman–Crippen LogP) is 4.05. The summed E-state index contributed by atoms with van der Waals surface area (Å²) in [6, 6.07) is 8.38. The highest BCUT2D eigenvalue weighted by Gasteiger charge is 2.17. The molecule has 0 aliphatic heterocycles. The lowest BCUT2D eigenvalue weighted by Gasteiger charge is -2.08. The van der Waals surface area contributed by atoms with Gasteiger partial charge in [0.1, 0.15) is 5.75 Å². The SMILES string of the molecule is Cc1cc(Oc2ccc(Cl)cc2[N+](=O)[O-])ccc1C(=O)O. The van der Waals surface area contributed by atoms with Gasteiger partial charge in [-0.3, -0.25) is 10.1 Å². The predicted molar refractivity (Wildman–Crippen MR) is 76.3 cm³/mol. The Hall–Kier alpha value is -2.60. The molecule has 0 spiro atoms. The molecular formula is C14H10ClNO5. The van der Waals surface area contributed by atoms with Crippen molar-refractivity contribution in [1.29, 1.82) is 0 Å². The fraction of sp³-hybridized carbons (Fsp3) is 0.0714. The number of hydrogen-bond acceptors (Lipinski definition) is 4. The first-order valence-corrected chi connectivity index (χ1v) is 6.22. The largest absolute Gasteiger partial charge is 0.478 e. The molecule has 1 N–H and O–H groups in total. The monoisotopic (exact) mass is 307 g/mol. The van der Waals surface area contributed by atoms with Crippen LogP contribution in [0.2, 0.25) is 5.02 Å². The lowest BCUT2D eigenvalue weighted by molar-refractivity contribution is -0.385. The topological polar surface area (TPSA) is 89.7 Å². The summed E-state index contributed by atoms with van der Waals surface area (Å²) in [6.45, 7) is 1.62. The van der Waals surface area contributed by atoms with Crippen LogP contribution in [-0.2, 0) is 0 Å². The van der Waals surface area contributed by atoms with E-state index in [0.717, 1.165) is 0 Å². The van der Waals surface area contributed by atoms with Crippen molar-refractivity contribution in [3.05, 3.63) is 62.7 Å². The minimum atomic E-state index is -1.04. The Morgan fingerprint density at radius 3 is 2.57 bits per heavy atom. The number of nitro groups is 1. The second kappa shape index (κ2) is 5.80. The fourth-order valence-corrected chi connectivity index (χ4v) is 1.95. The number of rotatable bonds is 4. The number of carboxylic acid groups (broad SMARTS) is 1. The number of nitrogens with zero attached hydrogens (tertiary/aromatic N) is 1. The van der Waals surface area contributed by atoms with Gasteiger partial charge in [-0.15, -0.1) is 0 Å². The maximum absolute atomic E-state index is 11.0. The van der Waals surface area contributed by atoms with E-state index >= 15 is 0 Å². The molecule has 21 heavy (non-hydrogen) atoms. The lowest BCUT2D eigenvalue weighted by Crippen LogP contribution is -2.00. The molecule has 0 fully saturated rings. The van der Waals surface area contributed by atoms with Gasteiger partial charge in [-0.05, 0) is 42.8 Å². The summed E-state index contributed by atoms with van der Waals surface area (Å²) >= 11 is 5.72. The fourth-order valence-electron chi connectivity index (χ4n) is 1.79. The lowest BCUT2D eigenvalue weighted by atomic mass is 10.1. The summed E-state index contributed by atoms with van der Waals surface area (Å²) in [7, 11) is 0. The molecule has 0 saturated heterocycles. The van der Waals surface area contributed by atoms with E-state index in [9.17, 15) is 14.9 Å². The van der Waals surface area contributed by atoms with E-state index in [1.54, 1.807) is 6.92 Å². The van der Waals surface area contributed by atoms with Crippen LogP contribution in [0.1, 0.15) is 15.9 Å². The number of ether oxygens (including phenoxy) is 1. The Labute approximate surface area is 124 Å². The van der Waals surface area contributed by atoms with Crippen LogP contribution < -0.4 is 4.74 Å². The number of carbonyl (C=O) groups is 1. The van der Waals surface area contributed by atoms with Gasteiger partial charge in [0.05, 0.1) is 10.5 Å². The molecule has 0 aliphatic carbocycles. The molecule has 0 radical (unpaired) electrons. The van der Waals surface area contributed by atoms with Crippen molar-refractivity contribution in [2.24, 2.45) is 0 Å². The molecule has 0 aromatic heterocycles. The highest BCUT2D eigenvalue weighted by atomic mass is 35.5. The van der Waals surface area contributed by atoms with Crippen molar-refractivity contribution in [1.82, 2.24) is 0 Å². The number of halogens is 1. The molecule has 0 heterocycles. The van der Waals surface area contributed by atoms with Gasteiger partial charge >= 0.3 is 11.7 Å². The van der Waals surface area contributed by atoms with Gasteiger partial charge in [-0.2, -0.15) is 0 Å². The van der Waals surface area contributed by atoms with Gasteiger partial charge in [0.25, 0.3) is 0 Å². The Kier molecular flexibility index (Phi) is 4.09. The van der Waals surface area contributed by atoms with Gasteiger partial charge in [-0.1, -0.05) is 11.6 Å². The van der Waals surface area contributed by atoms with E-state index in [0.29, 0.717) is 11.3 Å². The molecule has 0 saturated carbocycles. The number of hydrogen-bond donors (Lipinski definition) is 1. The van der Waals surface area contributed by atoms with Gasteiger partial charge in [0, 0.05) is 11.1 Å². The molecular weight excluding hydrogens is 298 g/mol. The van der Waals surface area contributed by atoms with Crippen LogP contribution in [-0.4, -0.2) is 16.0 Å². The van der Waals surface area contributed by atoms with Crippen LogP contribution in [0.5, 0.6) is 11.5 Å². The van der Waals surface area contributed by atoms with Crippen molar-refractivity contribution in [3.8, 4) is 11.5 Å². The van der Waals surface area contributed by atoms with E-state index in [1.165, 1.54) is 36.4 Å². The number of aryl methyl sites for hydroxylation is 1. The second-order valence-corrected chi connectivity index (χ2v) is 4.69. The van der Waals surface area contributed by atoms with Crippen molar-refractivity contribution < 1.29 is 19.6 Å². The molecule has 0 amide bonds. The van der Waals surface area contributed by atoms with Crippen LogP contribution >= 0.6 is 11.6 Å². The maximum atomic E-state index is 11.0. The Morgan fingerprint density at radius 1 is 1.29 bits per heavy atom. The molecule has 0 bridgehead atoms. The third-order valence-electron chi connectivity index (χ3n) is 2.77. The van der Waals surface area contributed by atoms with Crippen LogP contribution in [0.3, 0.4) is 0 Å². The molecule has 7 heteroatoms. The first kappa shape index (κ1) is 14.8.